The van der Waals surface area contributed by atoms with Gasteiger partial charge in [0.15, 0.2) is 0 Å². The fourth-order valence-electron chi connectivity index (χ4n) is 2.17. The minimum Gasteiger partial charge on any atom is -0.373 e. The molecular weight excluding hydrogens is 260 g/mol. The first kappa shape index (κ1) is 14.1. The van der Waals surface area contributed by atoms with Crippen LogP contribution >= 0.6 is 0 Å². The van der Waals surface area contributed by atoms with Crippen LogP contribution in [0, 0.1) is 6.92 Å². The highest BCUT2D eigenvalue weighted by atomic mass is 32.2. The lowest BCUT2D eigenvalue weighted by molar-refractivity contribution is 0.230. The van der Waals surface area contributed by atoms with Crippen molar-refractivity contribution in [3.05, 3.63) is 42.1 Å². The SMILES string of the molecule is C=C(C)N1CCN(S(=O)(=O)c2ccc(C)cc2)CC1. The summed E-state index contributed by atoms with van der Waals surface area (Å²) < 4.78 is 26.5. The van der Waals surface area contributed by atoms with E-state index in [0.717, 1.165) is 11.3 Å². The molecule has 1 aliphatic heterocycles. The summed E-state index contributed by atoms with van der Waals surface area (Å²) in [4.78, 5) is 2.49. The Hall–Kier alpha value is -1.33. The average molecular weight is 280 g/mol. The van der Waals surface area contributed by atoms with Crippen molar-refractivity contribution in [2.45, 2.75) is 18.7 Å². The van der Waals surface area contributed by atoms with Gasteiger partial charge in [-0.25, -0.2) is 8.42 Å². The van der Waals surface area contributed by atoms with Crippen LogP contribution in [-0.2, 0) is 10.0 Å². The Morgan fingerprint density at radius 3 is 2.11 bits per heavy atom. The Kier molecular flexibility index (Phi) is 3.96. The van der Waals surface area contributed by atoms with Gasteiger partial charge in [-0.15, -0.1) is 0 Å². The van der Waals surface area contributed by atoms with Gasteiger partial charge in [-0.3, -0.25) is 0 Å². The van der Waals surface area contributed by atoms with Gasteiger partial charge in [0.25, 0.3) is 0 Å². The number of allylic oxidation sites excluding steroid dienone is 1. The van der Waals surface area contributed by atoms with Crippen LogP contribution in [0.5, 0.6) is 0 Å². The largest absolute Gasteiger partial charge is 0.373 e. The van der Waals surface area contributed by atoms with Gasteiger partial charge in [0.1, 0.15) is 0 Å². The molecule has 0 atom stereocenters. The summed E-state index contributed by atoms with van der Waals surface area (Å²) in [5.74, 6) is 0. The molecule has 0 spiro atoms. The minimum absolute atomic E-state index is 0.377. The van der Waals surface area contributed by atoms with E-state index in [9.17, 15) is 8.42 Å². The highest BCUT2D eigenvalue weighted by Gasteiger charge is 2.28. The maximum Gasteiger partial charge on any atom is 0.243 e. The number of aryl methyl sites for hydroxylation is 1. The van der Waals surface area contributed by atoms with E-state index in [1.165, 1.54) is 0 Å². The van der Waals surface area contributed by atoms with Crippen LogP contribution in [0.15, 0.2) is 41.4 Å². The quantitative estimate of drug-likeness (QED) is 0.848. The molecule has 0 radical (unpaired) electrons. The normalized spacial score (nSPS) is 17.5. The maximum absolute atomic E-state index is 12.5. The third-order valence-corrected chi connectivity index (χ3v) is 5.35. The van der Waals surface area contributed by atoms with Crippen LogP contribution in [0.4, 0.5) is 0 Å². The number of hydrogen-bond acceptors (Lipinski definition) is 3. The standard InChI is InChI=1S/C14H20N2O2S/c1-12(2)15-8-10-16(11-9-15)19(17,18)14-6-4-13(3)5-7-14/h4-7H,1,8-11H2,2-3H3. The van der Waals surface area contributed by atoms with E-state index in [-0.39, 0.29) is 0 Å². The van der Waals surface area contributed by atoms with Crippen LogP contribution in [-0.4, -0.2) is 43.8 Å². The molecule has 0 aromatic heterocycles. The van der Waals surface area contributed by atoms with Crippen molar-refractivity contribution in [2.75, 3.05) is 26.2 Å². The maximum atomic E-state index is 12.5. The fraction of sp³-hybridized carbons (Fsp3) is 0.429. The number of benzene rings is 1. The molecule has 0 saturated carbocycles. The summed E-state index contributed by atoms with van der Waals surface area (Å²) in [5, 5.41) is 0. The van der Waals surface area contributed by atoms with E-state index < -0.39 is 10.0 Å². The lowest BCUT2D eigenvalue weighted by Gasteiger charge is -2.35. The molecule has 1 saturated heterocycles. The Bertz CT molecular complexity index is 556. The molecule has 1 aromatic carbocycles. The smallest absolute Gasteiger partial charge is 0.243 e. The molecule has 0 aliphatic carbocycles. The van der Waals surface area contributed by atoms with Gasteiger partial charge in [0, 0.05) is 31.9 Å². The number of hydrogen-bond donors (Lipinski definition) is 0. The molecule has 0 bridgehead atoms. The number of piperazine rings is 1. The topological polar surface area (TPSA) is 40.6 Å². The van der Waals surface area contributed by atoms with Crippen LogP contribution in [0.25, 0.3) is 0 Å². The zero-order chi connectivity index (χ0) is 14.0. The molecule has 19 heavy (non-hydrogen) atoms. The Morgan fingerprint density at radius 1 is 1.11 bits per heavy atom. The summed E-state index contributed by atoms with van der Waals surface area (Å²) in [7, 11) is -3.35. The van der Waals surface area contributed by atoms with Crippen molar-refractivity contribution in [3.63, 3.8) is 0 Å². The Balaban J connectivity index is 2.14. The first-order valence-corrected chi connectivity index (χ1v) is 7.82. The minimum atomic E-state index is -3.35. The lowest BCUT2D eigenvalue weighted by Crippen LogP contribution is -2.47. The van der Waals surface area contributed by atoms with Crippen LogP contribution in [0.3, 0.4) is 0 Å². The summed E-state index contributed by atoms with van der Waals surface area (Å²) in [6.45, 7) is 10.2. The van der Waals surface area contributed by atoms with Crippen LogP contribution < -0.4 is 0 Å². The molecule has 0 unspecified atom stereocenters. The van der Waals surface area contributed by atoms with Gasteiger partial charge in [0.2, 0.25) is 10.0 Å². The molecule has 104 valence electrons. The van der Waals surface area contributed by atoms with Crippen molar-refractivity contribution in [1.82, 2.24) is 9.21 Å². The first-order valence-electron chi connectivity index (χ1n) is 6.38. The van der Waals surface area contributed by atoms with E-state index in [1.807, 2.05) is 26.0 Å². The molecule has 1 fully saturated rings. The predicted octanol–water partition coefficient (Wildman–Crippen LogP) is 1.83. The highest BCUT2D eigenvalue weighted by Crippen LogP contribution is 2.19. The molecule has 0 N–H and O–H groups in total. The van der Waals surface area contributed by atoms with E-state index in [0.29, 0.717) is 31.1 Å². The predicted molar refractivity (Wildman–Crippen MR) is 76.3 cm³/mol. The van der Waals surface area contributed by atoms with Crippen molar-refractivity contribution >= 4 is 10.0 Å². The van der Waals surface area contributed by atoms with Gasteiger partial charge in [0.05, 0.1) is 4.90 Å². The third-order valence-electron chi connectivity index (χ3n) is 3.44. The van der Waals surface area contributed by atoms with Crippen LogP contribution in [0.1, 0.15) is 12.5 Å². The van der Waals surface area contributed by atoms with Crippen LogP contribution in [0.2, 0.25) is 0 Å². The fourth-order valence-corrected chi connectivity index (χ4v) is 3.59. The molecule has 0 amide bonds. The molecule has 4 nitrogen and oxygen atoms in total. The number of sulfonamides is 1. The van der Waals surface area contributed by atoms with E-state index in [1.54, 1.807) is 16.4 Å². The van der Waals surface area contributed by atoms with Gasteiger partial charge in [-0.05, 0) is 26.0 Å². The Labute approximate surface area is 115 Å². The van der Waals surface area contributed by atoms with Crippen molar-refractivity contribution < 1.29 is 8.42 Å². The van der Waals surface area contributed by atoms with E-state index in [2.05, 4.69) is 11.5 Å². The molecule has 1 aromatic rings. The van der Waals surface area contributed by atoms with Crippen molar-refractivity contribution in [3.8, 4) is 0 Å². The highest BCUT2D eigenvalue weighted by molar-refractivity contribution is 7.89. The summed E-state index contributed by atoms with van der Waals surface area (Å²) in [6, 6.07) is 7.01. The van der Waals surface area contributed by atoms with Gasteiger partial charge in [-0.1, -0.05) is 24.3 Å². The van der Waals surface area contributed by atoms with Crippen molar-refractivity contribution in [2.24, 2.45) is 0 Å². The van der Waals surface area contributed by atoms with E-state index >= 15 is 0 Å². The monoisotopic (exact) mass is 280 g/mol. The molecule has 5 heteroatoms. The second-order valence-corrected chi connectivity index (χ2v) is 6.88. The zero-order valence-electron chi connectivity index (χ0n) is 11.5. The number of nitrogens with zero attached hydrogens (tertiary/aromatic N) is 2. The molecular formula is C14H20N2O2S. The number of rotatable bonds is 3. The summed E-state index contributed by atoms with van der Waals surface area (Å²) in [6.07, 6.45) is 0. The zero-order valence-corrected chi connectivity index (χ0v) is 12.3. The average Bonchev–Trinajstić information content (AvgIpc) is 2.39. The molecule has 1 heterocycles. The second kappa shape index (κ2) is 5.35. The Morgan fingerprint density at radius 2 is 1.63 bits per heavy atom. The van der Waals surface area contributed by atoms with Gasteiger partial charge < -0.3 is 4.90 Å². The summed E-state index contributed by atoms with van der Waals surface area (Å²) in [5.41, 5.74) is 2.05. The van der Waals surface area contributed by atoms with Gasteiger partial charge in [-0.2, -0.15) is 4.31 Å². The third kappa shape index (κ3) is 2.98. The van der Waals surface area contributed by atoms with Crippen molar-refractivity contribution in [1.29, 1.82) is 0 Å². The second-order valence-electron chi connectivity index (χ2n) is 4.94. The van der Waals surface area contributed by atoms with Gasteiger partial charge >= 0.3 is 0 Å². The lowest BCUT2D eigenvalue weighted by atomic mass is 10.2. The van der Waals surface area contributed by atoms with E-state index in [4.69, 9.17) is 0 Å². The molecule has 2 rings (SSSR count). The summed E-state index contributed by atoms with van der Waals surface area (Å²) >= 11 is 0. The molecule has 1 aliphatic rings. The first-order chi connectivity index (χ1) is 8.91.